The Balaban J connectivity index is 2.08. The van der Waals surface area contributed by atoms with Gasteiger partial charge in [0.1, 0.15) is 19.2 Å². The van der Waals surface area contributed by atoms with Crippen molar-refractivity contribution in [2.45, 2.75) is 20.1 Å². The minimum Gasteiger partial charge on any atom is -0.463 e. The predicted octanol–water partition coefficient (Wildman–Crippen LogP) is 0.804. The first-order valence-corrected chi connectivity index (χ1v) is 7.24. The van der Waals surface area contributed by atoms with Gasteiger partial charge in [0.05, 0.1) is 6.61 Å². The van der Waals surface area contributed by atoms with Gasteiger partial charge in [0.25, 0.3) is 5.56 Å². The van der Waals surface area contributed by atoms with Gasteiger partial charge in [-0.15, -0.1) is 0 Å². The number of aromatic nitrogens is 2. The van der Waals surface area contributed by atoms with Crippen molar-refractivity contribution >= 4 is 5.97 Å². The van der Waals surface area contributed by atoms with E-state index >= 15 is 0 Å². The maximum Gasteiger partial charge on any atom is 0.330 e. The largest absolute Gasteiger partial charge is 0.463 e. The van der Waals surface area contributed by atoms with Gasteiger partial charge in [0, 0.05) is 25.1 Å². The molecular weight excluding hydrogens is 319 g/mol. The van der Waals surface area contributed by atoms with Crippen LogP contribution in [0.5, 0.6) is 0 Å². The predicted molar refractivity (Wildman–Crippen MR) is 83.1 cm³/mol. The zero-order valence-corrected chi connectivity index (χ0v) is 13.1. The monoisotopic (exact) mass is 336 g/mol. The van der Waals surface area contributed by atoms with E-state index in [1.165, 1.54) is 19.2 Å². The Morgan fingerprint density at radius 3 is 2.67 bits per heavy atom. The molecule has 2 aromatic rings. The van der Waals surface area contributed by atoms with Crippen molar-refractivity contribution < 1.29 is 18.7 Å². The third-order valence-corrected chi connectivity index (χ3v) is 3.19. The Bertz CT molecular complexity index is 828. The van der Waals surface area contributed by atoms with E-state index in [0.29, 0.717) is 5.56 Å². The first-order chi connectivity index (χ1) is 11.5. The lowest BCUT2D eigenvalue weighted by atomic mass is 10.1. The summed E-state index contributed by atoms with van der Waals surface area (Å²) in [5.74, 6) is -0.848. The summed E-state index contributed by atoms with van der Waals surface area (Å²) >= 11 is 0. The zero-order valence-electron chi connectivity index (χ0n) is 13.1. The molecule has 1 heterocycles. The molecule has 24 heavy (non-hydrogen) atoms. The van der Waals surface area contributed by atoms with Crippen molar-refractivity contribution in [1.82, 2.24) is 9.55 Å². The summed E-state index contributed by atoms with van der Waals surface area (Å²) in [6, 6.07) is 6.10. The van der Waals surface area contributed by atoms with Crippen LogP contribution in [0.15, 0.2) is 40.1 Å². The van der Waals surface area contributed by atoms with E-state index in [0.717, 1.165) is 4.57 Å². The third kappa shape index (κ3) is 4.88. The third-order valence-electron chi connectivity index (χ3n) is 3.19. The van der Waals surface area contributed by atoms with E-state index in [4.69, 9.17) is 9.47 Å². The van der Waals surface area contributed by atoms with E-state index in [2.05, 4.69) is 4.98 Å². The average Bonchev–Trinajstić information content (AvgIpc) is 2.52. The summed E-state index contributed by atoms with van der Waals surface area (Å²) in [5, 5.41) is 0. The van der Waals surface area contributed by atoms with Crippen LogP contribution in [-0.2, 0) is 27.4 Å². The van der Waals surface area contributed by atoms with E-state index in [1.807, 2.05) is 0 Å². The van der Waals surface area contributed by atoms with Gasteiger partial charge in [-0.25, -0.2) is 9.18 Å². The molecular formula is C16H17FN2O5. The van der Waals surface area contributed by atoms with E-state index < -0.39 is 23.0 Å². The molecule has 0 bridgehead atoms. The number of aromatic amines is 1. The highest BCUT2D eigenvalue weighted by Crippen LogP contribution is 2.10. The quantitative estimate of drug-likeness (QED) is 0.597. The first-order valence-electron chi connectivity index (χ1n) is 7.24. The maximum absolute atomic E-state index is 13.7. The molecule has 0 aliphatic rings. The second-order valence-corrected chi connectivity index (χ2v) is 5.03. The van der Waals surface area contributed by atoms with Crippen LogP contribution in [0.2, 0.25) is 0 Å². The summed E-state index contributed by atoms with van der Waals surface area (Å²) in [4.78, 5) is 36.4. The molecule has 0 atom stereocenters. The first kappa shape index (κ1) is 17.6. The smallest absolute Gasteiger partial charge is 0.330 e. The number of hydrogen-bond donors (Lipinski definition) is 1. The molecule has 1 aromatic carbocycles. The average molecular weight is 336 g/mol. The Kier molecular flexibility index (Phi) is 6.02. The molecule has 0 unspecified atom stereocenters. The lowest BCUT2D eigenvalue weighted by molar-refractivity contribution is -0.142. The molecule has 0 radical (unpaired) electrons. The van der Waals surface area contributed by atoms with Crippen LogP contribution in [-0.4, -0.2) is 28.7 Å². The van der Waals surface area contributed by atoms with E-state index in [1.54, 1.807) is 18.2 Å². The summed E-state index contributed by atoms with van der Waals surface area (Å²) < 4.78 is 24.8. The molecule has 2 rings (SSSR count). The standard InChI is InChI=1S/C16H17FN2O5/c1-11(20)24-7-6-23-10-19-9-13(15(21)18-16(19)22)8-12-4-2-3-5-14(12)17/h2-5,9H,6-8,10H2,1H3,(H,18,21,22). The van der Waals surface area contributed by atoms with Gasteiger partial charge in [0.15, 0.2) is 0 Å². The highest BCUT2D eigenvalue weighted by molar-refractivity contribution is 5.65. The number of carbonyl (C=O) groups excluding carboxylic acids is 1. The van der Waals surface area contributed by atoms with E-state index in [9.17, 15) is 18.8 Å². The molecule has 0 fully saturated rings. The van der Waals surface area contributed by atoms with Gasteiger partial charge in [-0.1, -0.05) is 18.2 Å². The van der Waals surface area contributed by atoms with Crippen molar-refractivity contribution in [1.29, 1.82) is 0 Å². The number of esters is 1. The zero-order chi connectivity index (χ0) is 17.5. The lowest BCUT2D eigenvalue weighted by Gasteiger charge is -2.09. The SMILES string of the molecule is CC(=O)OCCOCn1cc(Cc2ccccc2F)c(=O)[nH]c1=O. The number of hydrogen-bond acceptors (Lipinski definition) is 5. The minimum absolute atomic E-state index is 0.0513. The van der Waals surface area contributed by atoms with Crippen LogP contribution in [0.25, 0.3) is 0 Å². The van der Waals surface area contributed by atoms with Crippen molar-refractivity contribution in [3.63, 3.8) is 0 Å². The summed E-state index contributed by atoms with van der Waals surface area (Å²) in [7, 11) is 0. The maximum atomic E-state index is 13.7. The molecule has 1 N–H and O–H groups in total. The molecule has 8 heteroatoms. The molecule has 7 nitrogen and oxygen atoms in total. The molecule has 0 saturated heterocycles. The summed E-state index contributed by atoms with van der Waals surface area (Å²) in [6.07, 6.45) is 1.38. The second-order valence-electron chi connectivity index (χ2n) is 5.03. The van der Waals surface area contributed by atoms with Crippen LogP contribution >= 0.6 is 0 Å². The fourth-order valence-electron chi connectivity index (χ4n) is 2.03. The second kappa shape index (κ2) is 8.21. The van der Waals surface area contributed by atoms with Crippen LogP contribution in [0.3, 0.4) is 0 Å². The highest BCUT2D eigenvalue weighted by atomic mass is 19.1. The Labute approximate surface area is 136 Å². The van der Waals surface area contributed by atoms with Crippen LogP contribution < -0.4 is 11.2 Å². The number of benzene rings is 1. The number of nitrogens with zero attached hydrogens (tertiary/aromatic N) is 1. The molecule has 1 aromatic heterocycles. The van der Waals surface area contributed by atoms with Crippen molar-refractivity contribution in [2.75, 3.05) is 13.2 Å². The number of H-pyrrole nitrogens is 1. The van der Waals surface area contributed by atoms with Crippen LogP contribution in [0, 0.1) is 5.82 Å². The summed E-state index contributed by atoms with van der Waals surface area (Å²) in [5.41, 5.74) is -0.614. The van der Waals surface area contributed by atoms with Gasteiger partial charge in [-0.05, 0) is 11.6 Å². The molecule has 0 aliphatic carbocycles. The Hall–Kier alpha value is -2.74. The van der Waals surface area contributed by atoms with E-state index in [-0.39, 0.29) is 31.9 Å². The number of nitrogens with one attached hydrogen (secondary N) is 1. The van der Waals surface area contributed by atoms with Gasteiger partial charge < -0.3 is 9.47 Å². The van der Waals surface area contributed by atoms with Crippen molar-refractivity contribution in [3.05, 3.63) is 68.2 Å². The molecule has 0 spiro atoms. The fourth-order valence-corrected chi connectivity index (χ4v) is 2.03. The van der Waals surface area contributed by atoms with Crippen molar-refractivity contribution in [2.24, 2.45) is 0 Å². The Morgan fingerprint density at radius 1 is 1.21 bits per heavy atom. The summed E-state index contributed by atoms with van der Waals surface area (Å²) in [6.45, 7) is 1.33. The molecule has 128 valence electrons. The highest BCUT2D eigenvalue weighted by Gasteiger charge is 2.09. The normalized spacial score (nSPS) is 10.6. The van der Waals surface area contributed by atoms with Gasteiger partial charge in [-0.2, -0.15) is 0 Å². The van der Waals surface area contributed by atoms with Crippen LogP contribution in [0.1, 0.15) is 18.1 Å². The minimum atomic E-state index is -0.634. The van der Waals surface area contributed by atoms with Gasteiger partial charge in [0.2, 0.25) is 0 Å². The number of halogens is 1. The Morgan fingerprint density at radius 2 is 1.96 bits per heavy atom. The molecule has 0 aliphatic heterocycles. The fraction of sp³-hybridized carbons (Fsp3) is 0.312. The topological polar surface area (TPSA) is 90.4 Å². The van der Waals surface area contributed by atoms with Gasteiger partial charge >= 0.3 is 11.7 Å². The number of ether oxygens (including phenoxy) is 2. The van der Waals surface area contributed by atoms with Crippen LogP contribution in [0.4, 0.5) is 4.39 Å². The molecule has 0 saturated carbocycles. The number of carbonyl (C=O) groups is 1. The lowest BCUT2D eigenvalue weighted by Crippen LogP contribution is -2.32. The molecule has 0 amide bonds. The van der Waals surface area contributed by atoms with Crippen molar-refractivity contribution in [3.8, 4) is 0 Å². The number of rotatable bonds is 7. The van der Waals surface area contributed by atoms with Gasteiger partial charge in [-0.3, -0.25) is 19.1 Å².